The molecule has 0 saturated heterocycles. The summed E-state index contributed by atoms with van der Waals surface area (Å²) >= 11 is 0. The number of hydrogen-bond acceptors (Lipinski definition) is 4. The van der Waals surface area contributed by atoms with Crippen LogP contribution >= 0.6 is 0 Å². The number of ether oxygens (including phenoxy) is 1. The zero-order valence-electron chi connectivity index (χ0n) is 8.81. The molecule has 2 atom stereocenters. The first-order valence-electron chi connectivity index (χ1n) is 5.42. The van der Waals surface area contributed by atoms with E-state index in [1.807, 2.05) is 6.07 Å². The van der Waals surface area contributed by atoms with E-state index >= 15 is 0 Å². The molecule has 2 unspecified atom stereocenters. The van der Waals surface area contributed by atoms with Gasteiger partial charge < -0.3 is 10.5 Å². The third kappa shape index (κ3) is 1.11. The van der Waals surface area contributed by atoms with Gasteiger partial charge in [-0.15, -0.1) is 0 Å². The normalized spacial score (nSPS) is 37.5. The Kier molecular flexibility index (Phi) is 1.77. The molecule has 1 aromatic rings. The predicted octanol–water partition coefficient (Wildman–Crippen LogP) is 1.07. The number of rotatable bonds is 2. The molecular formula is C11H15N3O. The average molecular weight is 205 g/mol. The van der Waals surface area contributed by atoms with Crippen molar-refractivity contribution in [1.29, 1.82) is 0 Å². The Hall–Kier alpha value is -1.16. The Balaban J connectivity index is 1.93. The van der Waals surface area contributed by atoms with E-state index in [4.69, 9.17) is 10.5 Å². The maximum Gasteiger partial charge on any atom is 0.216 e. The highest BCUT2D eigenvalue weighted by Crippen LogP contribution is 2.64. The Morgan fingerprint density at radius 2 is 2.13 bits per heavy atom. The highest BCUT2D eigenvalue weighted by atomic mass is 16.5. The van der Waals surface area contributed by atoms with Crippen molar-refractivity contribution >= 4 is 0 Å². The molecule has 0 aromatic carbocycles. The molecule has 0 spiro atoms. The summed E-state index contributed by atoms with van der Waals surface area (Å²) in [5.74, 6) is 1.88. The van der Waals surface area contributed by atoms with E-state index < -0.39 is 0 Å². The summed E-state index contributed by atoms with van der Waals surface area (Å²) in [7, 11) is 1.61. The molecule has 2 N–H and O–H groups in total. The first-order chi connectivity index (χ1) is 7.26. The van der Waals surface area contributed by atoms with Crippen LogP contribution in [0.15, 0.2) is 12.4 Å². The van der Waals surface area contributed by atoms with Crippen molar-refractivity contribution in [2.45, 2.75) is 24.8 Å². The van der Waals surface area contributed by atoms with Gasteiger partial charge in [0.2, 0.25) is 5.88 Å². The van der Waals surface area contributed by atoms with E-state index in [0.717, 1.165) is 5.69 Å². The molecule has 0 radical (unpaired) electrons. The van der Waals surface area contributed by atoms with Gasteiger partial charge in [0.15, 0.2) is 0 Å². The number of aromatic nitrogens is 2. The van der Waals surface area contributed by atoms with Gasteiger partial charge in [-0.25, -0.2) is 9.97 Å². The van der Waals surface area contributed by atoms with Crippen molar-refractivity contribution < 1.29 is 4.74 Å². The summed E-state index contributed by atoms with van der Waals surface area (Å²) in [6.07, 6.45) is 5.34. The minimum absolute atomic E-state index is 0.186. The van der Waals surface area contributed by atoms with Crippen LogP contribution in [0.4, 0.5) is 0 Å². The first kappa shape index (κ1) is 9.09. The van der Waals surface area contributed by atoms with Crippen molar-refractivity contribution in [2.75, 3.05) is 7.11 Å². The fourth-order valence-corrected chi connectivity index (χ4v) is 3.07. The van der Waals surface area contributed by atoms with Crippen molar-refractivity contribution in [1.82, 2.24) is 9.97 Å². The van der Waals surface area contributed by atoms with Crippen LogP contribution in [0.2, 0.25) is 0 Å². The van der Waals surface area contributed by atoms with Crippen LogP contribution < -0.4 is 10.5 Å². The van der Waals surface area contributed by atoms with E-state index in [-0.39, 0.29) is 5.54 Å². The molecule has 4 nitrogen and oxygen atoms in total. The fourth-order valence-electron chi connectivity index (χ4n) is 3.07. The van der Waals surface area contributed by atoms with E-state index in [0.29, 0.717) is 17.7 Å². The molecule has 0 aliphatic heterocycles. The maximum atomic E-state index is 6.40. The zero-order valence-corrected chi connectivity index (χ0v) is 8.81. The summed E-state index contributed by atoms with van der Waals surface area (Å²) in [5.41, 5.74) is 7.16. The van der Waals surface area contributed by atoms with E-state index in [1.165, 1.54) is 25.6 Å². The molecule has 2 saturated carbocycles. The van der Waals surface area contributed by atoms with Gasteiger partial charge >= 0.3 is 0 Å². The van der Waals surface area contributed by atoms with Crippen LogP contribution in [0, 0.1) is 11.8 Å². The molecule has 0 bridgehead atoms. The molecule has 1 heterocycles. The van der Waals surface area contributed by atoms with Crippen molar-refractivity contribution in [2.24, 2.45) is 17.6 Å². The third-order valence-corrected chi connectivity index (χ3v) is 3.93. The summed E-state index contributed by atoms with van der Waals surface area (Å²) in [6, 6.07) is 1.87. The fraction of sp³-hybridized carbons (Fsp3) is 0.636. The molecule has 0 amide bonds. The standard InChI is InChI=1S/C11H15N3O/c1-15-10-5-9(13-6-14-10)11(12)7-3-2-4-8(7)11/h5-8H,2-4,12H2,1H3. The van der Waals surface area contributed by atoms with Gasteiger partial charge in [0.05, 0.1) is 18.3 Å². The number of methoxy groups -OCH3 is 1. The molecule has 2 aliphatic rings. The minimum atomic E-state index is -0.186. The Labute approximate surface area is 88.9 Å². The lowest BCUT2D eigenvalue weighted by atomic mass is 10.0. The molecule has 1 aromatic heterocycles. The molecule has 3 rings (SSSR count). The minimum Gasteiger partial charge on any atom is -0.481 e. The molecule has 2 aliphatic carbocycles. The monoisotopic (exact) mass is 205 g/mol. The zero-order chi connectivity index (χ0) is 10.5. The highest BCUT2D eigenvalue weighted by molar-refractivity contribution is 5.32. The lowest BCUT2D eigenvalue weighted by molar-refractivity contribution is 0.393. The smallest absolute Gasteiger partial charge is 0.216 e. The van der Waals surface area contributed by atoms with Gasteiger partial charge in [-0.1, -0.05) is 6.42 Å². The van der Waals surface area contributed by atoms with Crippen LogP contribution in [0.1, 0.15) is 25.0 Å². The molecule has 15 heavy (non-hydrogen) atoms. The Morgan fingerprint density at radius 3 is 2.80 bits per heavy atom. The third-order valence-electron chi connectivity index (χ3n) is 3.93. The topological polar surface area (TPSA) is 61.0 Å². The second-order valence-corrected chi connectivity index (χ2v) is 4.52. The van der Waals surface area contributed by atoms with Gasteiger partial charge in [0.25, 0.3) is 0 Å². The number of fused-ring (bicyclic) bond motifs is 1. The Morgan fingerprint density at radius 1 is 1.40 bits per heavy atom. The highest BCUT2D eigenvalue weighted by Gasteiger charge is 2.65. The second kappa shape index (κ2) is 2.92. The lowest BCUT2D eigenvalue weighted by Crippen LogP contribution is -2.27. The number of nitrogens with two attached hydrogens (primary N) is 1. The first-order valence-corrected chi connectivity index (χ1v) is 5.42. The Bertz CT molecular complexity index is 383. The molecular weight excluding hydrogens is 190 g/mol. The summed E-state index contributed by atoms with van der Waals surface area (Å²) < 4.78 is 5.09. The van der Waals surface area contributed by atoms with Gasteiger partial charge in [0, 0.05) is 6.07 Å². The van der Waals surface area contributed by atoms with Gasteiger partial charge in [-0.2, -0.15) is 0 Å². The van der Waals surface area contributed by atoms with Crippen molar-refractivity contribution in [3.8, 4) is 5.88 Å². The molecule has 4 heteroatoms. The second-order valence-electron chi connectivity index (χ2n) is 4.52. The maximum absolute atomic E-state index is 6.40. The van der Waals surface area contributed by atoms with Gasteiger partial charge in [-0.3, -0.25) is 0 Å². The lowest BCUT2D eigenvalue weighted by Gasteiger charge is -2.14. The van der Waals surface area contributed by atoms with E-state index in [1.54, 1.807) is 7.11 Å². The van der Waals surface area contributed by atoms with Crippen molar-refractivity contribution in [3.05, 3.63) is 18.1 Å². The van der Waals surface area contributed by atoms with Crippen LogP contribution in [-0.2, 0) is 5.54 Å². The van der Waals surface area contributed by atoms with Gasteiger partial charge in [0.1, 0.15) is 6.33 Å². The van der Waals surface area contributed by atoms with Crippen LogP contribution in [-0.4, -0.2) is 17.1 Å². The summed E-state index contributed by atoms with van der Waals surface area (Å²) in [6.45, 7) is 0. The van der Waals surface area contributed by atoms with Crippen molar-refractivity contribution in [3.63, 3.8) is 0 Å². The van der Waals surface area contributed by atoms with Crippen LogP contribution in [0.25, 0.3) is 0 Å². The molecule has 2 fully saturated rings. The SMILES string of the molecule is COc1cc(C2(N)C3CCCC32)ncn1. The van der Waals surface area contributed by atoms with Crippen LogP contribution in [0.5, 0.6) is 5.88 Å². The van der Waals surface area contributed by atoms with E-state index in [2.05, 4.69) is 9.97 Å². The largest absolute Gasteiger partial charge is 0.481 e. The average Bonchev–Trinajstić information content (AvgIpc) is 2.71. The predicted molar refractivity (Wildman–Crippen MR) is 55.3 cm³/mol. The summed E-state index contributed by atoms with van der Waals surface area (Å²) in [5, 5.41) is 0. The van der Waals surface area contributed by atoms with Gasteiger partial charge in [-0.05, 0) is 24.7 Å². The number of hydrogen-bond donors (Lipinski definition) is 1. The number of nitrogens with zero attached hydrogens (tertiary/aromatic N) is 2. The quantitative estimate of drug-likeness (QED) is 0.784. The molecule has 80 valence electrons. The van der Waals surface area contributed by atoms with E-state index in [9.17, 15) is 0 Å². The summed E-state index contributed by atoms with van der Waals surface area (Å²) in [4.78, 5) is 8.29. The van der Waals surface area contributed by atoms with Crippen LogP contribution in [0.3, 0.4) is 0 Å².